The third-order valence-corrected chi connectivity index (χ3v) is 2.80. The Morgan fingerprint density at radius 2 is 1.95 bits per heavy atom. The SMILES string of the molecule is CC(C)(C)OC(=O)[C@]1(C)CC(c2ccccc2)=NO1. The first-order valence-corrected chi connectivity index (χ1v) is 6.34. The largest absolute Gasteiger partial charge is 0.457 e. The fourth-order valence-electron chi connectivity index (χ4n) is 1.82. The van der Waals surface area contributed by atoms with E-state index in [0.29, 0.717) is 6.42 Å². The minimum Gasteiger partial charge on any atom is -0.457 e. The van der Waals surface area contributed by atoms with Crippen LogP contribution in [0.15, 0.2) is 35.5 Å². The van der Waals surface area contributed by atoms with E-state index in [2.05, 4.69) is 5.16 Å². The zero-order chi connectivity index (χ0) is 14.1. The number of ether oxygens (including phenoxy) is 1. The number of hydrogen-bond donors (Lipinski definition) is 0. The highest BCUT2D eigenvalue weighted by molar-refractivity contribution is 6.04. The number of nitrogens with zero attached hydrogens (tertiary/aromatic N) is 1. The lowest BCUT2D eigenvalue weighted by atomic mass is 9.96. The van der Waals surface area contributed by atoms with Gasteiger partial charge in [-0.25, -0.2) is 4.79 Å². The molecule has 0 aliphatic carbocycles. The standard InChI is InChI=1S/C15H19NO3/c1-14(2,3)18-13(17)15(4)10-12(16-19-15)11-8-6-5-7-9-11/h5-9H,10H2,1-4H3/t15-/m0/s1. The van der Waals surface area contributed by atoms with Crippen LogP contribution < -0.4 is 0 Å². The Kier molecular flexibility index (Phi) is 3.35. The van der Waals surface area contributed by atoms with Crippen LogP contribution in [-0.4, -0.2) is 22.9 Å². The average molecular weight is 261 g/mol. The first kappa shape index (κ1) is 13.6. The van der Waals surface area contributed by atoms with E-state index in [9.17, 15) is 4.79 Å². The van der Waals surface area contributed by atoms with Gasteiger partial charge in [0, 0.05) is 6.42 Å². The maximum atomic E-state index is 12.1. The monoisotopic (exact) mass is 261 g/mol. The van der Waals surface area contributed by atoms with Gasteiger partial charge in [-0.05, 0) is 33.3 Å². The number of oxime groups is 1. The van der Waals surface area contributed by atoms with Gasteiger partial charge in [0.2, 0.25) is 5.60 Å². The molecule has 0 bridgehead atoms. The highest BCUT2D eigenvalue weighted by atomic mass is 16.7. The normalized spacial score (nSPS) is 22.6. The smallest absolute Gasteiger partial charge is 0.354 e. The van der Waals surface area contributed by atoms with Crippen LogP contribution in [-0.2, 0) is 14.4 Å². The molecule has 0 spiro atoms. The Bertz CT molecular complexity index is 502. The van der Waals surface area contributed by atoms with Crippen LogP contribution >= 0.6 is 0 Å². The minimum atomic E-state index is -1.03. The molecule has 0 unspecified atom stereocenters. The average Bonchev–Trinajstić information content (AvgIpc) is 2.72. The molecule has 2 rings (SSSR count). The number of rotatable bonds is 2. The molecule has 0 aromatic heterocycles. The fourth-order valence-corrected chi connectivity index (χ4v) is 1.82. The first-order valence-electron chi connectivity index (χ1n) is 6.34. The third-order valence-electron chi connectivity index (χ3n) is 2.80. The Morgan fingerprint density at radius 3 is 2.53 bits per heavy atom. The molecule has 0 N–H and O–H groups in total. The van der Waals surface area contributed by atoms with Crippen molar-refractivity contribution in [1.82, 2.24) is 0 Å². The van der Waals surface area contributed by atoms with Crippen LogP contribution in [0.3, 0.4) is 0 Å². The lowest BCUT2D eigenvalue weighted by Crippen LogP contribution is -2.41. The summed E-state index contributed by atoms with van der Waals surface area (Å²) >= 11 is 0. The Morgan fingerprint density at radius 1 is 1.32 bits per heavy atom. The van der Waals surface area contributed by atoms with Crippen molar-refractivity contribution in [1.29, 1.82) is 0 Å². The van der Waals surface area contributed by atoms with Gasteiger partial charge in [0.25, 0.3) is 0 Å². The molecule has 0 amide bonds. The number of benzene rings is 1. The molecule has 1 aliphatic heterocycles. The van der Waals surface area contributed by atoms with Crippen LogP contribution in [0.2, 0.25) is 0 Å². The van der Waals surface area contributed by atoms with Crippen molar-refractivity contribution in [2.24, 2.45) is 5.16 Å². The van der Waals surface area contributed by atoms with Crippen molar-refractivity contribution in [3.05, 3.63) is 35.9 Å². The summed E-state index contributed by atoms with van der Waals surface area (Å²) < 4.78 is 5.37. The maximum absolute atomic E-state index is 12.1. The van der Waals surface area contributed by atoms with Crippen molar-refractivity contribution in [2.45, 2.75) is 45.3 Å². The molecule has 1 atom stereocenters. The van der Waals surface area contributed by atoms with E-state index in [1.807, 2.05) is 51.1 Å². The summed E-state index contributed by atoms with van der Waals surface area (Å²) in [5.74, 6) is -0.380. The number of carbonyl (C=O) groups excluding carboxylic acids is 1. The predicted molar refractivity (Wildman–Crippen MR) is 72.9 cm³/mol. The topological polar surface area (TPSA) is 47.9 Å². The molecule has 0 radical (unpaired) electrons. The van der Waals surface area contributed by atoms with E-state index in [0.717, 1.165) is 11.3 Å². The molecule has 1 aromatic rings. The summed E-state index contributed by atoms with van der Waals surface area (Å²) in [4.78, 5) is 17.5. The molecule has 1 aromatic carbocycles. The molecule has 19 heavy (non-hydrogen) atoms. The van der Waals surface area contributed by atoms with Gasteiger partial charge >= 0.3 is 5.97 Å². The van der Waals surface area contributed by atoms with Gasteiger partial charge in [0.15, 0.2) is 0 Å². The molecule has 0 fully saturated rings. The van der Waals surface area contributed by atoms with Gasteiger partial charge in [-0.2, -0.15) is 0 Å². The van der Waals surface area contributed by atoms with E-state index >= 15 is 0 Å². The van der Waals surface area contributed by atoms with E-state index < -0.39 is 11.2 Å². The molecule has 4 heteroatoms. The molecule has 1 heterocycles. The summed E-state index contributed by atoms with van der Waals surface area (Å²) in [6.45, 7) is 7.22. The first-order chi connectivity index (χ1) is 8.80. The Balaban J connectivity index is 2.09. The van der Waals surface area contributed by atoms with Gasteiger partial charge in [0.05, 0.1) is 5.71 Å². The Hall–Kier alpha value is -1.84. The molecule has 0 saturated heterocycles. The van der Waals surface area contributed by atoms with Crippen LogP contribution in [0.5, 0.6) is 0 Å². The van der Waals surface area contributed by atoms with Gasteiger partial charge in [-0.1, -0.05) is 35.5 Å². The number of carbonyl (C=O) groups is 1. The van der Waals surface area contributed by atoms with Crippen molar-refractivity contribution >= 4 is 11.7 Å². The summed E-state index contributed by atoms with van der Waals surface area (Å²) in [5, 5.41) is 4.03. The quantitative estimate of drug-likeness (QED) is 0.769. The number of esters is 1. The number of hydrogen-bond acceptors (Lipinski definition) is 4. The second-order valence-electron chi connectivity index (χ2n) is 5.90. The summed E-state index contributed by atoms with van der Waals surface area (Å²) in [5.41, 5.74) is 0.181. The van der Waals surface area contributed by atoms with Crippen molar-refractivity contribution in [3.63, 3.8) is 0 Å². The van der Waals surface area contributed by atoms with Crippen molar-refractivity contribution in [2.75, 3.05) is 0 Å². The van der Waals surface area contributed by atoms with Gasteiger partial charge < -0.3 is 9.57 Å². The van der Waals surface area contributed by atoms with Crippen LogP contribution in [0.25, 0.3) is 0 Å². The van der Waals surface area contributed by atoms with Gasteiger partial charge in [-0.15, -0.1) is 0 Å². The predicted octanol–water partition coefficient (Wildman–Crippen LogP) is 2.91. The lowest BCUT2D eigenvalue weighted by molar-refractivity contribution is -0.178. The molecule has 102 valence electrons. The van der Waals surface area contributed by atoms with E-state index in [1.54, 1.807) is 6.92 Å². The van der Waals surface area contributed by atoms with Crippen LogP contribution in [0.4, 0.5) is 0 Å². The molecule has 1 aliphatic rings. The van der Waals surface area contributed by atoms with Crippen molar-refractivity contribution < 1.29 is 14.4 Å². The zero-order valence-corrected chi connectivity index (χ0v) is 11.8. The van der Waals surface area contributed by atoms with Gasteiger partial charge in [0.1, 0.15) is 5.60 Å². The summed E-state index contributed by atoms with van der Waals surface area (Å²) in [6, 6.07) is 9.70. The molecule has 4 nitrogen and oxygen atoms in total. The van der Waals surface area contributed by atoms with Crippen LogP contribution in [0, 0.1) is 0 Å². The Labute approximate surface area is 113 Å². The molecular weight excluding hydrogens is 242 g/mol. The van der Waals surface area contributed by atoms with Gasteiger partial charge in [-0.3, -0.25) is 0 Å². The summed E-state index contributed by atoms with van der Waals surface area (Å²) in [7, 11) is 0. The highest BCUT2D eigenvalue weighted by Gasteiger charge is 2.45. The summed E-state index contributed by atoms with van der Waals surface area (Å²) in [6.07, 6.45) is 0.423. The third kappa shape index (κ3) is 3.13. The highest BCUT2D eigenvalue weighted by Crippen LogP contribution is 2.29. The van der Waals surface area contributed by atoms with E-state index in [4.69, 9.17) is 9.57 Å². The molecular formula is C15H19NO3. The van der Waals surface area contributed by atoms with Crippen molar-refractivity contribution in [3.8, 4) is 0 Å². The van der Waals surface area contributed by atoms with Crippen LogP contribution in [0.1, 0.15) is 39.7 Å². The zero-order valence-electron chi connectivity index (χ0n) is 11.8. The second-order valence-corrected chi connectivity index (χ2v) is 5.90. The minimum absolute atomic E-state index is 0.380. The van der Waals surface area contributed by atoms with E-state index in [1.165, 1.54) is 0 Å². The second kappa shape index (κ2) is 4.68. The maximum Gasteiger partial charge on any atom is 0.354 e. The fraction of sp³-hybridized carbons (Fsp3) is 0.467. The lowest BCUT2D eigenvalue weighted by Gasteiger charge is -2.26. The van der Waals surface area contributed by atoms with E-state index in [-0.39, 0.29) is 5.97 Å². The molecule has 0 saturated carbocycles.